The molecule has 6 heteroatoms. The van der Waals surface area contributed by atoms with E-state index in [9.17, 15) is 5.11 Å². The molecule has 0 radical (unpaired) electrons. The van der Waals surface area contributed by atoms with Gasteiger partial charge in [0.05, 0.1) is 0 Å². The van der Waals surface area contributed by atoms with E-state index in [1.165, 1.54) is 0 Å². The maximum atomic E-state index is 9.42. The maximum absolute atomic E-state index is 9.42. The van der Waals surface area contributed by atoms with Gasteiger partial charge in [-0.25, -0.2) is 9.97 Å². The summed E-state index contributed by atoms with van der Waals surface area (Å²) in [5.74, 6) is 1.53. The van der Waals surface area contributed by atoms with Crippen molar-refractivity contribution >= 4 is 22.5 Å². The van der Waals surface area contributed by atoms with Crippen molar-refractivity contribution in [3.63, 3.8) is 0 Å². The lowest BCUT2D eigenvalue weighted by Crippen LogP contribution is -2.41. The summed E-state index contributed by atoms with van der Waals surface area (Å²) in [6.45, 7) is 6.61. The van der Waals surface area contributed by atoms with Crippen molar-refractivity contribution in [3.8, 4) is 11.5 Å². The molecule has 154 valence electrons. The monoisotopic (exact) mass is 394 g/mol. The summed E-state index contributed by atoms with van der Waals surface area (Å²) in [4.78, 5) is 11.6. The lowest BCUT2D eigenvalue weighted by Gasteiger charge is -2.34. The number of anilines is 2. The SMILES string of the molecule is C.CC(C)N1CCC(Oc2cccc3cnc(Nc4ccc(O)cc4)nc23)CC1. The molecule has 1 aliphatic heterocycles. The molecule has 2 N–H and O–H groups in total. The molecular weight excluding hydrogens is 364 g/mol. The van der Waals surface area contributed by atoms with Crippen LogP contribution in [0.4, 0.5) is 11.6 Å². The van der Waals surface area contributed by atoms with Gasteiger partial charge in [-0.2, -0.15) is 0 Å². The zero-order valence-electron chi connectivity index (χ0n) is 16.3. The molecule has 29 heavy (non-hydrogen) atoms. The number of rotatable bonds is 5. The van der Waals surface area contributed by atoms with E-state index in [0.717, 1.165) is 48.3 Å². The summed E-state index contributed by atoms with van der Waals surface area (Å²) < 4.78 is 6.34. The molecule has 0 saturated carbocycles. The van der Waals surface area contributed by atoms with Gasteiger partial charge in [-0.05, 0) is 57.0 Å². The van der Waals surface area contributed by atoms with Crippen molar-refractivity contribution in [1.82, 2.24) is 14.9 Å². The predicted molar refractivity (Wildman–Crippen MR) is 118 cm³/mol. The molecule has 2 heterocycles. The van der Waals surface area contributed by atoms with Crippen molar-refractivity contribution in [1.29, 1.82) is 0 Å². The number of nitrogens with zero attached hydrogens (tertiary/aromatic N) is 3. The largest absolute Gasteiger partial charge is 0.508 e. The van der Waals surface area contributed by atoms with Crippen LogP contribution in [0.5, 0.6) is 11.5 Å². The number of hydrogen-bond donors (Lipinski definition) is 2. The van der Waals surface area contributed by atoms with Crippen LogP contribution in [0.15, 0.2) is 48.7 Å². The number of hydrogen-bond acceptors (Lipinski definition) is 6. The minimum absolute atomic E-state index is 0. The van der Waals surface area contributed by atoms with Gasteiger partial charge < -0.3 is 20.1 Å². The molecule has 0 spiro atoms. The van der Waals surface area contributed by atoms with E-state index >= 15 is 0 Å². The molecule has 0 amide bonds. The highest BCUT2D eigenvalue weighted by atomic mass is 16.5. The molecule has 1 saturated heterocycles. The van der Waals surface area contributed by atoms with Crippen LogP contribution >= 0.6 is 0 Å². The Morgan fingerprint density at radius 2 is 1.83 bits per heavy atom. The quantitative estimate of drug-likeness (QED) is 0.596. The van der Waals surface area contributed by atoms with Crippen LogP contribution in [0.1, 0.15) is 34.1 Å². The molecular formula is C23H30N4O2. The Balaban J connectivity index is 0.00000240. The van der Waals surface area contributed by atoms with Gasteiger partial charge in [-0.3, -0.25) is 0 Å². The summed E-state index contributed by atoms with van der Waals surface area (Å²) in [6, 6.07) is 13.4. The van der Waals surface area contributed by atoms with E-state index in [4.69, 9.17) is 4.74 Å². The molecule has 0 aliphatic carbocycles. The van der Waals surface area contributed by atoms with Gasteiger partial charge in [0.25, 0.3) is 0 Å². The lowest BCUT2D eigenvalue weighted by molar-refractivity contribution is 0.0852. The van der Waals surface area contributed by atoms with Crippen molar-refractivity contribution < 1.29 is 9.84 Å². The summed E-state index contributed by atoms with van der Waals surface area (Å²) in [5.41, 5.74) is 1.63. The molecule has 1 fully saturated rings. The van der Waals surface area contributed by atoms with Crippen LogP contribution in [0.3, 0.4) is 0 Å². The second kappa shape index (κ2) is 9.09. The van der Waals surface area contributed by atoms with E-state index < -0.39 is 0 Å². The Bertz CT molecular complexity index is 935. The summed E-state index contributed by atoms with van der Waals surface area (Å²) in [7, 11) is 0. The number of nitrogens with one attached hydrogen (secondary N) is 1. The van der Waals surface area contributed by atoms with Crippen LogP contribution < -0.4 is 10.1 Å². The van der Waals surface area contributed by atoms with Crippen molar-refractivity contribution in [2.24, 2.45) is 0 Å². The number of benzene rings is 2. The second-order valence-electron chi connectivity index (χ2n) is 7.51. The number of likely N-dealkylation sites (tertiary alicyclic amines) is 1. The highest BCUT2D eigenvalue weighted by Gasteiger charge is 2.22. The number of phenolic OH excluding ortho intramolecular Hbond substituents is 1. The molecule has 2 aromatic carbocycles. The van der Waals surface area contributed by atoms with Gasteiger partial charge in [0.1, 0.15) is 23.1 Å². The van der Waals surface area contributed by atoms with Gasteiger partial charge >= 0.3 is 0 Å². The highest BCUT2D eigenvalue weighted by Crippen LogP contribution is 2.28. The number of aromatic nitrogens is 2. The highest BCUT2D eigenvalue weighted by molar-refractivity contribution is 5.85. The third-order valence-electron chi connectivity index (χ3n) is 5.20. The zero-order chi connectivity index (χ0) is 19.5. The van der Waals surface area contributed by atoms with Crippen LogP contribution in [0.25, 0.3) is 10.9 Å². The van der Waals surface area contributed by atoms with Crippen molar-refractivity contribution in [2.75, 3.05) is 18.4 Å². The molecule has 0 atom stereocenters. The smallest absolute Gasteiger partial charge is 0.227 e. The average Bonchev–Trinajstić information content (AvgIpc) is 2.70. The first-order valence-corrected chi connectivity index (χ1v) is 9.81. The van der Waals surface area contributed by atoms with E-state index in [1.54, 1.807) is 30.5 Å². The Kier molecular flexibility index (Phi) is 6.54. The number of ether oxygens (including phenoxy) is 1. The zero-order valence-corrected chi connectivity index (χ0v) is 16.3. The summed E-state index contributed by atoms with van der Waals surface area (Å²) in [5, 5.41) is 13.6. The third kappa shape index (κ3) is 4.95. The van der Waals surface area contributed by atoms with Crippen LogP contribution in [-0.2, 0) is 0 Å². The topological polar surface area (TPSA) is 70.5 Å². The fraction of sp³-hybridized carbons (Fsp3) is 0.391. The van der Waals surface area contributed by atoms with Crippen LogP contribution in [-0.4, -0.2) is 45.2 Å². The van der Waals surface area contributed by atoms with Crippen LogP contribution in [0, 0.1) is 0 Å². The van der Waals surface area contributed by atoms with E-state index in [0.29, 0.717) is 12.0 Å². The maximum Gasteiger partial charge on any atom is 0.227 e. The fourth-order valence-corrected chi connectivity index (χ4v) is 3.55. The van der Waals surface area contributed by atoms with Crippen molar-refractivity contribution in [3.05, 3.63) is 48.7 Å². The Morgan fingerprint density at radius 1 is 1.10 bits per heavy atom. The molecule has 6 nitrogen and oxygen atoms in total. The molecule has 0 unspecified atom stereocenters. The lowest BCUT2D eigenvalue weighted by atomic mass is 10.1. The van der Waals surface area contributed by atoms with E-state index in [1.807, 2.05) is 18.2 Å². The van der Waals surface area contributed by atoms with Gasteiger partial charge in [-0.15, -0.1) is 0 Å². The van der Waals surface area contributed by atoms with Crippen LogP contribution in [0.2, 0.25) is 0 Å². The molecule has 1 aromatic heterocycles. The van der Waals surface area contributed by atoms with Gasteiger partial charge in [-0.1, -0.05) is 19.6 Å². The first kappa shape index (κ1) is 20.9. The first-order valence-electron chi connectivity index (χ1n) is 9.81. The number of piperidine rings is 1. The molecule has 0 bridgehead atoms. The third-order valence-corrected chi connectivity index (χ3v) is 5.20. The van der Waals surface area contributed by atoms with Gasteiger partial charge in [0.2, 0.25) is 5.95 Å². The van der Waals surface area contributed by atoms with E-state index in [2.05, 4.69) is 34.0 Å². The van der Waals surface area contributed by atoms with Gasteiger partial charge in [0.15, 0.2) is 0 Å². The Hall–Kier alpha value is -2.86. The fourth-order valence-electron chi connectivity index (χ4n) is 3.55. The first-order chi connectivity index (χ1) is 13.6. The number of aromatic hydroxyl groups is 1. The van der Waals surface area contributed by atoms with E-state index in [-0.39, 0.29) is 19.3 Å². The summed E-state index contributed by atoms with van der Waals surface area (Å²) >= 11 is 0. The molecule has 4 rings (SSSR count). The Morgan fingerprint density at radius 3 is 2.52 bits per heavy atom. The predicted octanol–water partition coefficient (Wildman–Crippen LogP) is 4.97. The number of para-hydroxylation sites is 1. The number of phenols is 1. The normalized spacial score (nSPS) is 15.3. The average molecular weight is 395 g/mol. The Labute approximate surface area is 172 Å². The molecule has 1 aliphatic rings. The molecule has 3 aromatic rings. The van der Waals surface area contributed by atoms with Gasteiger partial charge in [0, 0.05) is 36.4 Å². The second-order valence-corrected chi connectivity index (χ2v) is 7.51. The standard InChI is InChI=1S/C22H26N4O2.CH4/c1-15(2)26-12-10-19(11-13-26)28-20-5-3-4-16-14-23-22(25-21(16)20)24-17-6-8-18(27)9-7-17;/h3-9,14-15,19,27H,10-13H2,1-2H3,(H,23,24,25);1H4. The minimum Gasteiger partial charge on any atom is -0.508 e. The minimum atomic E-state index is 0. The summed E-state index contributed by atoms with van der Waals surface area (Å²) in [6.07, 6.45) is 4.07. The van der Waals surface area contributed by atoms with Crippen molar-refractivity contribution in [2.45, 2.75) is 46.3 Å². The number of fused-ring (bicyclic) bond motifs is 1.